The maximum absolute atomic E-state index is 10.7. The number of rotatable bonds is 7. The molecule has 2 aliphatic rings. The molecule has 28 heavy (non-hydrogen) atoms. The van der Waals surface area contributed by atoms with Crippen LogP contribution in [0.3, 0.4) is 0 Å². The number of nitrogens with one attached hydrogen (secondary N) is 1. The standard InChI is InChI=1S/C24H41N3O/c1-17(9-7-10-19(3)26-27-22(25)28)11-13-20-18(2)12-14-21-23(4,5)15-8-16-24(20,21)6/h9,12,20-21H,7-8,10-11,13-16H2,1-6H3,(H3,25,27,28)/b17-9-,26-19+. The van der Waals surface area contributed by atoms with Gasteiger partial charge in [-0.2, -0.15) is 5.10 Å². The summed E-state index contributed by atoms with van der Waals surface area (Å²) in [7, 11) is 0. The van der Waals surface area contributed by atoms with E-state index in [1.165, 1.54) is 37.7 Å². The highest BCUT2D eigenvalue weighted by atomic mass is 16.2. The molecule has 4 nitrogen and oxygen atoms in total. The van der Waals surface area contributed by atoms with E-state index in [1.54, 1.807) is 5.57 Å². The molecule has 4 heteroatoms. The van der Waals surface area contributed by atoms with E-state index >= 15 is 0 Å². The van der Waals surface area contributed by atoms with E-state index in [1.807, 2.05) is 6.92 Å². The van der Waals surface area contributed by atoms with Crippen LogP contribution in [0.2, 0.25) is 0 Å². The number of hydrogen-bond donors (Lipinski definition) is 2. The predicted molar refractivity (Wildman–Crippen MR) is 119 cm³/mol. The highest BCUT2D eigenvalue weighted by molar-refractivity contribution is 5.83. The zero-order chi connectivity index (χ0) is 20.9. The molecular weight excluding hydrogens is 346 g/mol. The Bertz CT molecular complexity index is 659. The molecule has 0 aromatic rings. The fraction of sp³-hybridized carbons (Fsp3) is 0.750. The fourth-order valence-electron chi connectivity index (χ4n) is 5.90. The lowest BCUT2D eigenvalue weighted by Gasteiger charge is -2.57. The number of carbonyl (C=O) groups excluding carboxylic acids is 1. The summed E-state index contributed by atoms with van der Waals surface area (Å²) in [5, 5.41) is 3.97. The van der Waals surface area contributed by atoms with Crippen LogP contribution in [0.5, 0.6) is 0 Å². The molecule has 0 heterocycles. The molecular formula is C24H41N3O. The molecule has 158 valence electrons. The number of allylic oxidation sites excluding steroid dienone is 4. The largest absolute Gasteiger partial charge is 0.350 e. The summed E-state index contributed by atoms with van der Waals surface area (Å²) < 4.78 is 0. The van der Waals surface area contributed by atoms with Crippen molar-refractivity contribution in [2.24, 2.45) is 33.5 Å². The van der Waals surface area contributed by atoms with Crippen LogP contribution in [0, 0.1) is 22.7 Å². The predicted octanol–water partition coefficient (Wildman–Crippen LogP) is 6.34. The summed E-state index contributed by atoms with van der Waals surface area (Å²) in [6.07, 6.45) is 14.5. The van der Waals surface area contributed by atoms with Crippen LogP contribution in [0.25, 0.3) is 0 Å². The zero-order valence-electron chi connectivity index (χ0n) is 18.9. The average molecular weight is 388 g/mol. The van der Waals surface area contributed by atoms with E-state index < -0.39 is 6.03 Å². The van der Waals surface area contributed by atoms with Crippen molar-refractivity contribution in [2.45, 2.75) is 92.9 Å². The lowest BCUT2D eigenvalue weighted by molar-refractivity contribution is -0.0390. The molecule has 1 saturated carbocycles. The van der Waals surface area contributed by atoms with E-state index in [-0.39, 0.29) is 0 Å². The third kappa shape index (κ3) is 5.48. The van der Waals surface area contributed by atoms with Crippen molar-refractivity contribution in [3.63, 3.8) is 0 Å². The minimum Gasteiger partial charge on any atom is -0.350 e. The minimum absolute atomic E-state index is 0.449. The van der Waals surface area contributed by atoms with Crippen LogP contribution >= 0.6 is 0 Å². The van der Waals surface area contributed by atoms with Gasteiger partial charge in [0, 0.05) is 5.71 Å². The van der Waals surface area contributed by atoms with Gasteiger partial charge in [-0.1, -0.05) is 50.5 Å². The van der Waals surface area contributed by atoms with Crippen LogP contribution in [-0.4, -0.2) is 11.7 Å². The summed E-state index contributed by atoms with van der Waals surface area (Å²) >= 11 is 0. The number of carbonyl (C=O) groups is 1. The minimum atomic E-state index is -0.611. The Kier molecular flexibility index (Phi) is 7.52. The lowest BCUT2D eigenvalue weighted by Crippen LogP contribution is -2.48. The van der Waals surface area contributed by atoms with Crippen molar-refractivity contribution in [3.05, 3.63) is 23.3 Å². The molecule has 0 bridgehead atoms. The number of nitrogens with zero attached hydrogens (tertiary/aromatic N) is 1. The van der Waals surface area contributed by atoms with Gasteiger partial charge in [-0.05, 0) is 88.4 Å². The summed E-state index contributed by atoms with van der Waals surface area (Å²) in [5.74, 6) is 1.51. The van der Waals surface area contributed by atoms with Crippen molar-refractivity contribution < 1.29 is 4.79 Å². The molecule has 2 rings (SSSR count). The first-order valence-corrected chi connectivity index (χ1v) is 11.0. The number of amides is 2. The SMILES string of the molecule is CC1=CCC2C(C)(C)CCCC2(C)C1CC/C(C)=C\CC/C(C)=N/NC(N)=O. The quantitative estimate of drug-likeness (QED) is 0.299. The van der Waals surface area contributed by atoms with Gasteiger partial charge in [0.05, 0.1) is 0 Å². The second kappa shape index (κ2) is 9.28. The van der Waals surface area contributed by atoms with Gasteiger partial charge in [0.25, 0.3) is 0 Å². The normalized spacial score (nSPS) is 30.4. The average Bonchev–Trinajstić information content (AvgIpc) is 2.58. The topological polar surface area (TPSA) is 67.5 Å². The zero-order valence-corrected chi connectivity index (χ0v) is 18.9. The molecule has 2 aliphatic carbocycles. The van der Waals surface area contributed by atoms with Gasteiger partial charge in [0.15, 0.2) is 0 Å². The molecule has 0 aliphatic heterocycles. The van der Waals surface area contributed by atoms with E-state index in [0.717, 1.165) is 30.9 Å². The first kappa shape index (κ1) is 22.7. The Balaban J connectivity index is 1.95. The van der Waals surface area contributed by atoms with Crippen LogP contribution in [0.15, 0.2) is 28.4 Å². The molecule has 1 fully saturated rings. The number of fused-ring (bicyclic) bond motifs is 1. The Labute approximate surface area is 172 Å². The van der Waals surface area contributed by atoms with Gasteiger partial charge >= 0.3 is 6.03 Å². The van der Waals surface area contributed by atoms with E-state index in [9.17, 15) is 4.79 Å². The summed E-state index contributed by atoms with van der Waals surface area (Å²) in [6.45, 7) is 14.1. The van der Waals surface area contributed by atoms with E-state index in [0.29, 0.717) is 16.7 Å². The molecule has 3 atom stereocenters. The first-order valence-electron chi connectivity index (χ1n) is 11.0. The molecule has 0 spiro atoms. The Morgan fingerprint density at radius 3 is 2.68 bits per heavy atom. The number of hydrazone groups is 1. The lowest BCUT2D eigenvalue weighted by atomic mass is 9.48. The van der Waals surface area contributed by atoms with Crippen LogP contribution < -0.4 is 11.2 Å². The summed E-state index contributed by atoms with van der Waals surface area (Å²) in [4.78, 5) is 10.7. The second-order valence-corrected chi connectivity index (χ2v) is 10.1. The molecule has 2 amide bonds. The van der Waals surface area contributed by atoms with Crippen LogP contribution in [0.1, 0.15) is 92.9 Å². The number of nitrogens with two attached hydrogens (primary N) is 1. The first-order chi connectivity index (χ1) is 13.1. The molecule has 0 saturated heterocycles. The monoisotopic (exact) mass is 387 g/mol. The van der Waals surface area contributed by atoms with E-state index in [4.69, 9.17) is 5.73 Å². The van der Waals surface area contributed by atoms with Gasteiger partial charge in [0.1, 0.15) is 0 Å². The van der Waals surface area contributed by atoms with Crippen molar-refractivity contribution >= 4 is 11.7 Å². The Morgan fingerprint density at radius 1 is 1.29 bits per heavy atom. The van der Waals surface area contributed by atoms with Gasteiger partial charge in [-0.25, -0.2) is 10.2 Å². The third-order valence-corrected chi connectivity index (χ3v) is 7.48. The smallest absolute Gasteiger partial charge is 0.332 e. The summed E-state index contributed by atoms with van der Waals surface area (Å²) in [5.41, 5.74) is 12.2. The van der Waals surface area contributed by atoms with Crippen molar-refractivity contribution in [1.29, 1.82) is 0 Å². The van der Waals surface area contributed by atoms with Gasteiger partial charge in [-0.3, -0.25) is 0 Å². The maximum atomic E-state index is 10.7. The maximum Gasteiger partial charge on any atom is 0.332 e. The van der Waals surface area contributed by atoms with Crippen molar-refractivity contribution in [3.8, 4) is 0 Å². The number of hydrogen-bond acceptors (Lipinski definition) is 2. The third-order valence-electron chi connectivity index (χ3n) is 7.48. The highest BCUT2D eigenvalue weighted by Crippen LogP contribution is 2.60. The Morgan fingerprint density at radius 2 is 2.00 bits per heavy atom. The number of urea groups is 1. The summed E-state index contributed by atoms with van der Waals surface area (Å²) in [6, 6.07) is -0.611. The molecule has 3 unspecified atom stereocenters. The number of primary amides is 1. The molecule has 0 radical (unpaired) electrons. The van der Waals surface area contributed by atoms with Crippen LogP contribution in [-0.2, 0) is 0 Å². The Hall–Kier alpha value is -1.58. The van der Waals surface area contributed by atoms with Gasteiger partial charge in [0.2, 0.25) is 0 Å². The second-order valence-electron chi connectivity index (χ2n) is 10.1. The highest BCUT2D eigenvalue weighted by Gasteiger charge is 2.51. The van der Waals surface area contributed by atoms with Gasteiger partial charge in [-0.15, -0.1) is 0 Å². The van der Waals surface area contributed by atoms with Crippen molar-refractivity contribution in [1.82, 2.24) is 5.43 Å². The molecule has 0 aromatic carbocycles. The van der Waals surface area contributed by atoms with Gasteiger partial charge < -0.3 is 5.73 Å². The van der Waals surface area contributed by atoms with E-state index in [2.05, 4.69) is 57.3 Å². The molecule has 0 aromatic heterocycles. The van der Waals surface area contributed by atoms with Crippen LogP contribution in [0.4, 0.5) is 4.79 Å². The molecule has 3 N–H and O–H groups in total. The van der Waals surface area contributed by atoms with Crippen molar-refractivity contribution in [2.75, 3.05) is 0 Å². The fourth-order valence-corrected chi connectivity index (χ4v) is 5.90.